The van der Waals surface area contributed by atoms with Crippen molar-refractivity contribution in [2.75, 3.05) is 5.32 Å². The number of aryl methyl sites for hydroxylation is 1. The molecule has 1 amide bonds. The lowest BCUT2D eigenvalue weighted by Crippen LogP contribution is -2.12. The van der Waals surface area contributed by atoms with Gasteiger partial charge in [0.1, 0.15) is 5.82 Å². The minimum atomic E-state index is -0.111. The Labute approximate surface area is 198 Å². The SMILES string of the molecule is C=CCn1c(Cc2ccccc2)nnc1SCc1ccc(C(=O)Nc2ccccc2C)cc1. The van der Waals surface area contributed by atoms with Gasteiger partial charge in [-0.3, -0.25) is 4.79 Å². The highest BCUT2D eigenvalue weighted by atomic mass is 32.2. The number of nitrogens with one attached hydrogen (secondary N) is 1. The molecule has 1 N–H and O–H groups in total. The summed E-state index contributed by atoms with van der Waals surface area (Å²) in [5.74, 6) is 1.55. The van der Waals surface area contributed by atoms with Crippen molar-refractivity contribution in [2.45, 2.75) is 30.8 Å². The molecule has 0 unspecified atom stereocenters. The Bertz CT molecular complexity index is 1230. The lowest BCUT2D eigenvalue weighted by Gasteiger charge is -2.09. The molecule has 0 aliphatic rings. The Kier molecular flexibility index (Phi) is 7.37. The third-order valence-electron chi connectivity index (χ3n) is 5.29. The summed E-state index contributed by atoms with van der Waals surface area (Å²) in [4.78, 5) is 12.6. The van der Waals surface area contributed by atoms with Crippen LogP contribution in [0.4, 0.5) is 5.69 Å². The number of carbonyl (C=O) groups is 1. The van der Waals surface area contributed by atoms with Crippen LogP contribution < -0.4 is 5.32 Å². The summed E-state index contributed by atoms with van der Waals surface area (Å²) in [6.07, 6.45) is 2.59. The quantitative estimate of drug-likeness (QED) is 0.252. The zero-order valence-corrected chi connectivity index (χ0v) is 19.4. The van der Waals surface area contributed by atoms with Crippen LogP contribution in [0, 0.1) is 6.92 Å². The number of allylic oxidation sites excluding steroid dienone is 1. The molecule has 1 aromatic heterocycles. The Hall–Kier alpha value is -3.64. The van der Waals surface area contributed by atoms with Crippen molar-refractivity contribution in [1.29, 1.82) is 0 Å². The van der Waals surface area contributed by atoms with Crippen molar-refractivity contribution >= 4 is 23.4 Å². The predicted octanol–water partition coefficient (Wildman–Crippen LogP) is 5.91. The number of hydrogen-bond acceptors (Lipinski definition) is 4. The summed E-state index contributed by atoms with van der Waals surface area (Å²) < 4.78 is 2.11. The number of rotatable bonds is 9. The average molecular weight is 455 g/mol. The van der Waals surface area contributed by atoms with E-state index in [0.717, 1.165) is 40.0 Å². The first kappa shape index (κ1) is 22.6. The van der Waals surface area contributed by atoms with E-state index >= 15 is 0 Å². The molecule has 0 saturated carbocycles. The molecule has 0 radical (unpaired) electrons. The number of carbonyl (C=O) groups excluding carboxylic acids is 1. The number of para-hydroxylation sites is 1. The van der Waals surface area contributed by atoms with Gasteiger partial charge in [0.2, 0.25) is 0 Å². The third kappa shape index (κ3) is 5.79. The van der Waals surface area contributed by atoms with Gasteiger partial charge in [-0.2, -0.15) is 0 Å². The van der Waals surface area contributed by atoms with Crippen molar-refractivity contribution in [1.82, 2.24) is 14.8 Å². The molecule has 0 bridgehead atoms. The van der Waals surface area contributed by atoms with E-state index in [0.29, 0.717) is 12.1 Å². The maximum Gasteiger partial charge on any atom is 0.255 e. The van der Waals surface area contributed by atoms with Crippen molar-refractivity contribution in [3.05, 3.63) is 120 Å². The normalized spacial score (nSPS) is 10.7. The highest BCUT2D eigenvalue weighted by molar-refractivity contribution is 7.98. The Morgan fingerprint density at radius 3 is 2.42 bits per heavy atom. The van der Waals surface area contributed by atoms with Crippen LogP contribution in [0.25, 0.3) is 0 Å². The second kappa shape index (κ2) is 10.8. The molecule has 166 valence electrons. The monoisotopic (exact) mass is 454 g/mol. The van der Waals surface area contributed by atoms with Crippen molar-refractivity contribution in [3.63, 3.8) is 0 Å². The fourth-order valence-corrected chi connectivity index (χ4v) is 4.38. The Morgan fingerprint density at radius 2 is 1.70 bits per heavy atom. The van der Waals surface area contributed by atoms with Gasteiger partial charge >= 0.3 is 0 Å². The minimum absolute atomic E-state index is 0.111. The van der Waals surface area contributed by atoms with Crippen LogP contribution in [0.15, 0.2) is 96.7 Å². The predicted molar refractivity (Wildman–Crippen MR) is 135 cm³/mol. The molecule has 0 aliphatic heterocycles. The van der Waals surface area contributed by atoms with Gasteiger partial charge in [-0.05, 0) is 41.8 Å². The first-order valence-corrected chi connectivity index (χ1v) is 11.8. The van der Waals surface area contributed by atoms with E-state index in [4.69, 9.17) is 0 Å². The Balaban J connectivity index is 1.40. The van der Waals surface area contributed by atoms with Crippen molar-refractivity contribution in [2.24, 2.45) is 0 Å². The smallest absolute Gasteiger partial charge is 0.255 e. The van der Waals surface area contributed by atoms with E-state index in [9.17, 15) is 4.79 Å². The molecule has 0 aliphatic carbocycles. The van der Waals surface area contributed by atoms with E-state index in [1.165, 1.54) is 5.56 Å². The molecule has 6 heteroatoms. The number of aromatic nitrogens is 3. The van der Waals surface area contributed by atoms with E-state index in [2.05, 4.69) is 38.8 Å². The van der Waals surface area contributed by atoms with Crippen LogP contribution in [0.5, 0.6) is 0 Å². The molecule has 3 aromatic carbocycles. The number of thioether (sulfide) groups is 1. The van der Waals surface area contributed by atoms with Gasteiger partial charge < -0.3 is 9.88 Å². The molecule has 0 fully saturated rings. The molecular formula is C27H26N4OS. The van der Waals surface area contributed by atoms with Gasteiger partial charge in [-0.25, -0.2) is 0 Å². The second-order valence-electron chi connectivity index (χ2n) is 7.72. The summed E-state index contributed by atoms with van der Waals surface area (Å²) in [5, 5.41) is 12.7. The van der Waals surface area contributed by atoms with Gasteiger partial charge in [-0.15, -0.1) is 16.8 Å². The lowest BCUT2D eigenvalue weighted by molar-refractivity contribution is 0.102. The van der Waals surface area contributed by atoms with Crippen LogP contribution in [-0.4, -0.2) is 20.7 Å². The van der Waals surface area contributed by atoms with Crippen LogP contribution in [0.2, 0.25) is 0 Å². The third-order valence-corrected chi connectivity index (χ3v) is 6.33. The van der Waals surface area contributed by atoms with Gasteiger partial charge in [0.15, 0.2) is 5.16 Å². The van der Waals surface area contributed by atoms with E-state index in [1.807, 2.05) is 79.7 Å². The van der Waals surface area contributed by atoms with Gasteiger partial charge in [-0.1, -0.05) is 78.5 Å². The number of amides is 1. The van der Waals surface area contributed by atoms with Crippen LogP contribution in [0.3, 0.4) is 0 Å². The summed E-state index contributed by atoms with van der Waals surface area (Å²) in [6.45, 7) is 6.52. The first-order chi connectivity index (χ1) is 16.1. The maximum absolute atomic E-state index is 12.6. The number of nitrogens with zero attached hydrogens (tertiary/aromatic N) is 3. The summed E-state index contributed by atoms with van der Waals surface area (Å²) >= 11 is 1.63. The van der Waals surface area contributed by atoms with Gasteiger partial charge in [0.25, 0.3) is 5.91 Å². The van der Waals surface area contributed by atoms with Crippen molar-refractivity contribution < 1.29 is 4.79 Å². The second-order valence-corrected chi connectivity index (χ2v) is 8.66. The first-order valence-electron chi connectivity index (χ1n) is 10.8. The largest absolute Gasteiger partial charge is 0.322 e. The van der Waals surface area contributed by atoms with E-state index in [1.54, 1.807) is 11.8 Å². The van der Waals surface area contributed by atoms with E-state index < -0.39 is 0 Å². The molecule has 4 aromatic rings. The van der Waals surface area contributed by atoms with E-state index in [-0.39, 0.29) is 5.91 Å². The topological polar surface area (TPSA) is 59.8 Å². The van der Waals surface area contributed by atoms with Crippen LogP contribution in [0.1, 0.15) is 32.9 Å². The molecule has 0 saturated heterocycles. The molecule has 0 atom stereocenters. The molecule has 1 heterocycles. The van der Waals surface area contributed by atoms with Gasteiger partial charge in [0.05, 0.1) is 0 Å². The fraction of sp³-hybridized carbons (Fsp3) is 0.148. The zero-order valence-electron chi connectivity index (χ0n) is 18.6. The van der Waals surface area contributed by atoms with Crippen LogP contribution in [-0.2, 0) is 18.7 Å². The van der Waals surface area contributed by atoms with Crippen LogP contribution >= 0.6 is 11.8 Å². The number of anilines is 1. The highest BCUT2D eigenvalue weighted by Gasteiger charge is 2.13. The molecular weight excluding hydrogens is 428 g/mol. The molecule has 5 nitrogen and oxygen atoms in total. The van der Waals surface area contributed by atoms with Gasteiger partial charge in [0, 0.05) is 30.0 Å². The average Bonchev–Trinajstić information content (AvgIpc) is 3.21. The Morgan fingerprint density at radius 1 is 0.970 bits per heavy atom. The summed E-state index contributed by atoms with van der Waals surface area (Å²) in [5.41, 5.74) is 4.81. The summed E-state index contributed by atoms with van der Waals surface area (Å²) in [6, 6.07) is 25.7. The number of hydrogen-bond donors (Lipinski definition) is 1. The molecule has 0 spiro atoms. The molecule has 4 rings (SSSR count). The zero-order chi connectivity index (χ0) is 23.0. The minimum Gasteiger partial charge on any atom is -0.322 e. The fourth-order valence-electron chi connectivity index (χ4n) is 3.46. The molecule has 33 heavy (non-hydrogen) atoms. The lowest BCUT2D eigenvalue weighted by atomic mass is 10.1. The standard InChI is InChI=1S/C27H26N4OS/c1-3-17-31-25(18-21-10-5-4-6-11-21)29-30-27(31)33-19-22-13-15-23(16-14-22)26(32)28-24-12-8-7-9-20(24)2/h3-16H,1,17-19H2,2H3,(H,28,32). The highest BCUT2D eigenvalue weighted by Crippen LogP contribution is 2.24. The summed E-state index contributed by atoms with van der Waals surface area (Å²) in [7, 11) is 0. The maximum atomic E-state index is 12.6. The van der Waals surface area contributed by atoms with Crippen molar-refractivity contribution in [3.8, 4) is 0 Å². The number of benzene rings is 3.